The number of aromatic nitrogens is 1. The molecule has 30 heavy (non-hydrogen) atoms. The molecule has 0 aliphatic rings. The van der Waals surface area contributed by atoms with Gasteiger partial charge in [-0.1, -0.05) is 40.4 Å². The predicted octanol–water partition coefficient (Wildman–Crippen LogP) is 5.39. The summed E-state index contributed by atoms with van der Waals surface area (Å²) in [6.45, 7) is 1.87. The summed E-state index contributed by atoms with van der Waals surface area (Å²) in [6.07, 6.45) is 1.37. The Bertz CT molecular complexity index is 1300. The molecule has 2 heterocycles. The van der Waals surface area contributed by atoms with Crippen LogP contribution in [0.1, 0.15) is 20.8 Å². The second-order valence-electron chi connectivity index (χ2n) is 6.27. The van der Waals surface area contributed by atoms with Crippen LogP contribution in [-0.2, 0) is 0 Å². The van der Waals surface area contributed by atoms with Gasteiger partial charge in [0.25, 0.3) is 5.91 Å². The minimum atomic E-state index is -0.486. The number of hydrogen-bond donors (Lipinski definition) is 0. The summed E-state index contributed by atoms with van der Waals surface area (Å²) in [7, 11) is 0. The number of carbonyl (C=O) groups is 1. The van der Waals surface area contributed by atoms with Gasteiger partial charge in [-0.15, -0.1) is 0 Å². The molecule has 4 aromatic rings. The number of anilines is 1. The highest BCUT2D eigenvalue weighted by molar-refractivity contribution is 7.22. The Labute approximate surface area is 177 Å². The SMILES string of the molecule is Cc1cccc(C(=O)N(/N=C/c2ccc([N+](=O)[O-])s2)c2nc3ccc(F)cc3s2)c1. The molecule has 0 saturated carbocycles. The fourth-order valence-corrected chi connectivity index (χ4v) is 4.33. The van der Waals surface area contributed by atoms with Gasteiger partial charge in [-0.2, -0.15) is 10.1 Å². The summed E-state index contributed by atoms with van der Waals surface area (Å²) >= 11 is 2.07. The van der Waals surface area contributed by atoms with Crippen molar-refractivity contribution in [3.8, 4) is 0 Å². The van der Waals surface area contributed by atoms with Crippen molar-refractivity contribution in [1.82, 2.24) is 4.98 Å². The smallest absolute Gasteiger partial charge is 0.267 e. The first-order valence-electron chi connectivity index (χ1n) is 8.66. The van der Waals surface area contributed by atoms with Crippen LogP contribution in [0.25, 0.3) is 10.2 Å². The molecule has 0 bridgehead atoms. The number of nitrogens with zero attached hydrogens (tertiary/aromatic N) is 4. The quantitative estimate of drug-likeness (QED) is 0.236. The molecule has 2 aromatic carbocycles. The van der Waals surface area contributed by atoms with E-state index in [1.165, 1.54) is 30.5 Å². The van der Waals surface area contributed by atoms with Gasteiger partial charge in [0, 0.05) is 11.6 Å². The zero-order valence-corrected chi connectivity index (χ0v) is 17.1. The molecule has 0 atom stereocenters. The zero-order valence-electron chi connectivity index (χ0n) is 15.5. The third kappa shape index (κ3) is 4.09. The van der Waals surface area contributed by atoms with Crippen LogP contribution in [0.15, 0.2) is 59.7 Å². The fraction of sp³-hybridized carbons (Fsp3) is 0.0500. The summed E-state index contributed by atoms with van der Waals surface area (Å²) in [4.78, 5) is 28.5. The molecule has 7 nitrogen and oxygen atoms in total. The third-order valence-corrected chi connectivity index (χ3v) is 6.04. The van der Waals surface area contributed by atoms with E-state index < -0.39 is 16.6 Å². The number of aryl methyl sites for hydroxylation is 1. The van der Waals surface area contributed by atoms with Gasteiger partial charge in [0.15, 0.2) is 0 Å². The van der Waals surface area contributed by atoms with E-state index in [2.05, 4.69) is 10.1 Å². The van der Waals surface area contributed by atoms with E-state index in [9.17, 15) is 19.3 Å². The van der Waals surface area contributed by atoms with Gasteiger partial charge in [0.2, 0.25) is 5.13 Å². The molecule has 0 N–H and O–H groups in total. The molecule has 0 fully saturated rings. The number of amides is 1. The normalized spacial score (nSPS) is 11.3. The highest BCUT2D eigenvalue weighted by atomic mass is 32.1. The van der Waals surface area contributed by atoms with Crippen molar-refractivity contribution in [3.05, 3.63) is 86.5 Å². The van der Waals surface area contributed by atoms with Crippen molar-refractivity contribution < 1.29 is 14.1 Å². The van der Waals surface area contributed by atoms with Crippen LogP contribution < -0.4 is 5.01 Å². The largest absolute Gasteiger partial charge is 0.324 e. The summed E-state index contributed by atoms with van der Waals surface area (Å²) in [6, 6.07) is 14.1. The van der Waals surface area contributed by atoms with E-state index in [4.69, 9.17) is 0 Å². The molecule has 0 radical (unpaired) electrons. The minimum absolute atomic E-state index is 0.0246. The summed E-state index contributed by atoms with van der Waals surface area (Å²) < 4.78 is 14.1. The molecule has 10 heteroatoms. The number of benzene rings is 2. The Balaban J connectivity index is 1.75. The van der Waals surface area contributed by atoms with Gasteiger partial charge >= 0.3 is 5.00 Å². The average Bonchev–Trinajstić information content (AvgIpc) is 3.35. The number of carbonyl (C=O) groups excluding carboxylic acids is 1. The minimum Gasteiger partial charge on any atom is -0.267 e. The number of nitro groups is 1. The van der Waals surface area contributed by atoms with E-state index in [0.717, 1.165) is 33.2 Å². The molecule has 0 unspecified atom stereocenters. The molecule has 0 aliphatic carbocycles. The highest BCUT2D eigenvalue weighted by Gasteiger charge is 2.21. The third-order valence-electron chi connectivity index (χ3n) is 4.07. The van der Waals surface area contributed by atoms with Crippen molar-refractivity contribution >= 4 is 55.1 Å². The molecule has 0 spiro atoms. The first kappa shape index (κ1) is 19.8. The van der Waals surface area contributed by atoms with Crippen LogP contribution in [-0.4, -0.2) is 22.0 Å². The molecular weight excluding hydrogens is 427 g/mol. The number of halogens is 1. The van der Waals surface area contributed by atoms with Crippen molar-refractivity contribution in [2.75, 3.05) is 5.01 Å². The Kier molecular flexibility index (Phi) is 5.34. The van der Waals surface area contributed by atoms with Crippen molar-refractivity contribution in [2.45, 2.75) is 6.92 Å². The molecule has 0 aliphatic heterocycles. The van der Waals surface area contributed by atoms with E-state index >= 15 is 0 Å². The monoisotopic (exact) mass is 440 g/mol. The lowest BCUT2D eigenvalue weighted by molar-refractivity contribution is -0.380. The van der Waals surface area contributed by atoms with Crippen LogP contribution in [0.3, 0.4) is 0 Å². The molecule has 0 saturated heterocycles. The number of fused-ring (bicyclic) bond motifs is 1. The van der Waals surface area contributed by atoms with Gasteiger partial charge in [-0.25, -0.2) is 9.37 Å². The number of hydrogen-bond acceptors (Lipinski definition) is 7. The number of thiophene rings is 1. The van der Waals surface area contributed by atoms with Gasteiger partial charge in [0.1, 0.15) is 5.82 Å². The first-order chi connectivity index (χ1) is 14.4. The zero-order chi connectivity index (χ0) is 21.3. The molecular formula is C20H13FN4O3S2. The summed E-state index contributed by atoms with van der Waals surface area (Å²) in [5.74, 6) is -0.816. The van der Waals surface area contributed by atoms with Crippen LogP contribution >= 0.6 is 22.7 Å². The molecule has 1 amide bonds. The second kappa shape index (κ2) is 8.09. The topological polar surface area (TPSA) is 88.7 Å². The van der Waals surface area contributed by atoms with Crippen LogP contribution in [0.4, 0.5) is 14.5 Å². The molecule has 2 aromatic heterocycles. The molecule has 150 valence electrons. The van der Waals surface area contributed by atoms with Crippen molar-refractivity contribution in [3.63, 3.8) is 0 Å². The maximum atomic E-state index is 13.6. The standard InChI is InChI=1S/C20H13FN4O3S2/c1-12-3-2-4-13(9-12)19(26)24(22-11-15-6-8-18(29-15)25(27)28)20-23-16-7-5-14(21)10-17(16)30-20/h2-11H,1H3/b22-11+. The highest BCUT2D eigenvalue weighted by Crippen LogP contribution is 2.31. The van der Waals surface area contributed by atoms with Crippen LogP contribution in [0.2, 0.25) is 0 Å². The van der Waals surface area contributed by atoms with E-state index in [0.29, 0.717) is 20.7 Å². The lowest BCUT2D eigenvalue weighted by Gasteiger charge is -2.14. The Morgan fingerprint density at radius 2 is 2.03 bits per heavy atom. The van der Waals surface area contributed by atoms with E-state index in [1.54, 1.807) is 24.3 Å². The van der Waals surface area contributed by atoms with Gasteiger partial charge < -0.3 is 0 Å². The number of hydrazone groups is 1. The van der Waals surface area contributed by atoms with Crippen molar-refractivity contribution in [2.24, 2.45) is 5.10 Å². The van der Waals surface area contributed by atoms with Gasteiger partial charge in [-0.05, 0) is 43.3 Å². The fourth-order valence-electron chi connectivity index (χ4n) is 2.69. The Hall–Kier alpha value is -3.50. The van der Waals surface area contributed by atoms with Gasteiger partial charge in [0.05, 0.1) is 26.2 Å². The lowest BCUT2D eigenvalue weighted by Crippen LogP contribution is -2.25. The Morgan fingerprint density at radius 3 is 2.77 bits per heavy atom. The maximum Gasteiger partial charge on any atom is 0.324 e. The van der Waals surface area contributed by atoms with Gasteiger partial charge in [-0.3, -0.25) is 14.9 Å². The van der Waals surface area contributed by atoms with Crippen LogP contribution in [0.5, 0.6) is 0 Å². The van der Waals surface area contributed by atoms with E-state index in [1.807, 2.05) is 13.0 Å². The van der Waals surface area contributed by atoms with E-state index in [-0.39, 0.29) is 10.1 Å². The number of thiazole rings is 1. The second-order valence-corrected chi connectivity index (χ2v) is 8.38. The number of rotatable bonds is 5. The average molecular weight is 440 g/mol. The Morgan fingerprint density at radius 1 is 1.20 bits per heavy atom. The molecule has 4 rings (SSSR count). The van der Waals surface area contributed by atoms with Crippen molar-refractivity contribution in [1.29, 1.82) is 0 Å². The lowest BCUT2D eigenvalue weighted by atomic mass is 10.1. The maximum absolute atomic E-state index is 13.6. The first-order valence-corrected chi connectivity index (χ1v) is 10.3. The summed E-state index contributed by atoms with van der Waals surface area (Å²) in [5.41, 5.74) is 1.86. The predicted molar refractivity (Wildman–Crippen MR) is 116 cm³/mol. The van der Waals surface area contributed by atoms with Crippen LogP contribution in [0, 0.1) is 22.9 Å². The summed E-state index contributed by atoms with van der Waals surface area (Å²) in [5, 5.41) is 16.5.